The zero-order valence-corrected chi connectivity index (χ0v) is 16.2. The van der Waals surface area contributed by atoms with Crippen molar-refractivity contribution in [2.45, 2.75) is 16.3 Å². The number of benzene rings is 1. The van der Waals surface area contributed by atoms with E-state index in [0.717, 1.165) is 5.56 Å². The summed E-state index contributed by atoms with van der Waals surface area (Å²) in [5, 5.41) is 8.47. The number of thioether (sulfide) groups is 1. The standard InChI is InChI=1S/C15H15ClN6O3S2/c16-15-21-13-12(19-8-20-13)14(22-15)26-7-11(23)18-6-5-9-1-3-10(4-2-9)27(17,24)25/h1-4,8H,5-7H2,(H,18,23)(H2,17,24,25)(H,19,20,21,22). The fraction of sp³-hybridized carbons (Fsp3) is 0.200. The van der Waals surface area contributed by atoms with Gasteiger partial charge in [-0.25, -0.2) is 23.5 Å². The lowest BCUT2D eigenvalue weighted by Crippen LogP contribution is -2.27. The van der Waals surface area contributed by atoms with Crippen molar-refractivity contribution in [3.8, 4) is 0 Å². The van der Waals surface area contributed by atoms with E-state index in [9.17, 15) is 13.2 Å². The number of carbonyl (C=O) groups is 1. The van der Waals surface area contributed by atoms with Crippen LogP contribution in [-0.4, -0.2) is 46.6 Å². The van der Waals surface area contributed by atoms with Crippen LogP contribution >= 0.6 is 23.4 Å². The first-order valence-corrected chi connectivity index (χ1v) is 10.6. The number of rotatable bonds is 7. The van der Waals surface area contributed by atoms with Crippen LogP contribution in [-0.2, 0) is 21.2 Å². The Hall–Kier alpha value is -2.21. The Bertz CT molecular complexity index is 1070. The van der Waals surface area contributed by atoms with Crippen LogP contribution in [0.4, 0.5) is 0 Å². The van der Waals surface area contributed by atoms with Crippen molar-refractivity contribution in [3.63, 3.8) is 0 Å². The number of aromatic amines is 1. The molecule has 0 saturated carbocycles. The minimum absolute atomic E-state index is 0.0559. The summed E-state index contributed by atoms with van der Waals surface area (Å²) in [7, 11) is -3.70. The maximum absolute atomic E-state index is 12.0. The van der Waals surface area contributed by atoms with Gasteiger partial charge in [0.1, 0.15) is 10.5 Å². The largest absolute Gasteiger partial charge is 0.355 e. The molecule has 0 atom stereocenters. The Labute approximate surface area is 164 Å². The van der Waals surface area contributed by atoms with Crippen LogP contribution in [0, 0.1) is 0 Å². The number of sulfonamides is 1. The predicted molar refractivity (Wildman–Crippen MR) is 102 cm³/mol. The van der Waals surface area contributed by atoms with Gasteiger partial charge in [-0.15, -0.1) is 0 Å². The van der Waals surface area contributed by atoms with E-state index in [1.807, 2.05) is 0 Å². The average Bonchev–Trinajstić information content (AvgIpc) is 3.07. The molecule has 2 aromatic heterocycles. The molecular formula is C15H15ClN6O3S2. The molecule has 3 aromatic rings. The van der Waals surface area contributed by atoms with Gasteiger partial charge in [0.15, 0.2) is 5.65 Å². The smallest absolute Gasteiger partial charge is 0.238 e. The van der Waals surface area contributed by atoms with E-state index in [4.69, 9.17) is 16.7 Å². The summed E-state index contributed by atoms with van der Waals surface area (Å²) in [5.41, 5.74) is 1.96. The van der Waals surface area contributed by atoms with Crippen molar-refractivity contribution >= 4 is 50.5 Å². The molecule has 142 valence electrons. The second-order valence-electron chi connectivity index (χ2n) is 5.48. The molecule has 0 aliphatic carbocycles. The Morgan fingerprint density at radius 2 is 2.00 bits per heavy atom. The van der Waals surface area contributed by atoms with Gasteiger partial charge in [0.25, 0.3) is 0 Å². The Morgan fingerprint density at radius 3 is 2.70 bits per heavy atom. The van der Waals surface area contributed by atoms with Gasteiger partial charge in [0, 0.05) is 6.54 Å². The van der Waals surface area contributed by atoms with E-state index >= 15 is 0 Å². The zero-order valence-electron chi connectivity index (χ0n) is 13.8. The lowest BCUT2D eigenvalue weighted by molar-refractivity contribution is -0.118. The van der Waals surface area contributed by atoms with E-state index in [1.54, 1.807) is 12.1 Å². The monoisotopic (exact) mass is 426 g/mol. The number of carbonyl (C=O) groups excluding carboxylic acids is 1. The van der Waals surface area contributed by atoms with E-state index < -0.39 is 10.0 Å². The van der Waals surface area contributed by atoms with Crippen LogP contribution < -0.4 is 10.5 Å². The van der Waals surface area contributed by atoms with Crippen LogP contribution in [0.2, 0.25) is 5.28 Å². The highest BCUT2D eigenvalue weighted by Crippen LogP contribution is 2.23. The molecular weight excluding hydrogens is 412 g/mol. The summed E-state index contributed by atoms with van der Waals surface area (Å²) in [6, 6.07) is 6.21. The lowest BCUT2D eigenvalue weighted by atomic mass is 10.1. The van der Waals surface area contributed by atoms with Gasteiger partial charge in [-0.2, -0.15) is 4.98 Å². The lowest BCUT2D eigenvalue weighted by Gasteiger charge is -2.06. The molecule has 0 unspecified atom stereocenters. The van der Waals surface area contributed by atoms with Gasteiger partial charge in [-0.1, -0.05) is 23.9 Å². The first-order valence-electron chi connectivity index (χ1n) is 7.71. The summed E-state index contributed by atoms with van der Waals surface area (Å²) >= 11 is 7.08. The molecule has 0 radical (unpaired) electrons. The van der Waals surface area contributed by atoms with Gasteiger partial charge in [0.2, 0.25) is 21.2 Å². The number of amides is 1. The average molecular weight is 427 g/mol. The van der Waals surface area contributed by atoms with Gasteiger partial charge in [0.05, 0.1) is 17.0 Å². The van der Waals surface area contributed by atoms with Crippen molar-refractivity contribution in [1.82, 2.24) is 25.3 Å². The van der Waals surface area contributed by atoms with Crippen LogP contribution in [0.25, 0.3) is 11.2 Å². The van der Waals surface area contributed by atoms with E-state index in [1.165, 1.54) is 30.2 Å². The molecule has 0 spiro atoms. The number of aromatic nitrogens is 4. The highest BCUT2D eigenvalue weighted by molar-refractivity contribution is 8.00. The van der Waals surface area contributed by atoms with Gasteiger partial charge < -0.3 is 10.3 Å². The number of hydrogen-bond acceptors (Lipinski definition) is 7. The first-order chi connectivity index (χ1) is 12.8. The van der Waals surface area contributed by atoms with Crippen molar-refractivity contribution < 1.29 is 13.2 Å². The second kappa shape index (κ2) is 8.21. The number of nitrogens with two attached hydrogens (primary N) is 1. The zero-order chi connectivity index (χ0) is 19.4. The highest BCUT2D eigenvalue weighted by atomic mass is 35.5. The molecule has 0 saturated heterocycles. The summed E-state index contributed by atoms with van der Waals surface area (Å²) in [4.78, 5) is 27.1. The summed E-state index contributed by atoms with van der Waals surface area (Å²) in [6.07, 6.45) is 2.05. The Balaban J connectivity index is 1.49. The van der Waals surface area contributed by atoms with E-state index in [0.29, 0.717) is 29.2 Å². The molecule has 0 bridgehead atoms. The fourth-order valence-corrected chi connectivity index (χ4v) is 3.81. The maximum Gasteiger partial charge on any atom is 0.238 e. The van der Waals surface area contributed by atoms with Gasteiger partial charge in [-0.3, -0.25) is 4.79 Å². The van der Waals surface area contributed by atoms with Crippen LogP contribution in [0.1, 0.15) is 5.56 Å². The quantitative estimate of drug-likeness (QED) is 0.291. The number of halogens is 1. The van der Waals surface area contributed by atoms with Gasteiger partial charge >= 0.3 is 0 Å². The minimum atomic E-state index is -3.70. The van der Waals surface area contributed by atoms with Gasteiger partial charge in [-0.05, 0) is 35.7 Å². The molecule has 12 heteroatoms. The van der Waals surface area contributed by atoms with Crippen LogP contribution in [0.15, 0.2) is 40.5 Å². The van der Waals surface area contributed by atoms with E-state index in [2.05, 4.69) is 25.3 Å². The number of nitrogens with one attached hydrogen (secondary N) is 2. The first kappa shape index (κ1) is 19.5. The molecule has 0 aliphatic heterocycles. The third kappa shape index (κ3) is 5.16. The van der Waals surface area contributed by atoms with Crippen molar-refractivity contribution in [3.05, 3.63) is 41.4 Å². The Morgan fingerprint density at radius 1 is 1.26 bits per heavy atom. The van der Waals surface area contributed by atoms with Crippen molar-refractivity contribution in [1.29, 1.82) is 0 Å². The SMILES string of the molecule is NS(=O)(=O)c1ccc(CCNC(=O)CSc2nc(Cl)nc3nc[nH]c23)cc1. The number of hydrogen-bond donors (Lipinski definition) is 3. The number of nitrogens with zero attached hydrogens (tertiary/aromatic N) is 3. The second-order valence-corrected chi connectivity index (χ2v) is 8.34. The van der Waals surface area contributed by atoms with E-state index in [-0.39, 0.29) is 21.8 Å². The number of H-pyrrole nitrogens is 1. The number of primary sulfonamides is 1. The Kier molecular flexibility index (Phi) is 5.95. The topological polar surface area (TPSA) is 144 Å². The van der Waals surface area contributed by atoms with Crippen molar-refractivity contribution in [2.75, 3.05) is 12.3 Å². The minimum Gasteiger partial charge on any atom is -0.355 e. The highest BCUT2D eigenvalue weighted by Gasteiger charge is 2.12. The molecule has 0 aliphatic rings. The number of fused-ring (bicyclic) bond motifs is 1. The summed E-state index contributed by atoms with van der Waals surface area (Å²) in [6.45, 7) is 0.415. The molecule has 3 rings (SSSR count). The molecule has 9 nitrogen and oxygen atoms in total. The molecule has 0 fully saturated rings. The summed E-state index contributed by atoms with van der Waals surface area (Å²) < 4.78 is 22.4. The molecule has 2 heterocycles. The third-order valence-electron chi connectivity index (χ3n) is 3.55. The summed E-state index contributed by atoms with van der Waals surface area (Å²) in [5.74, 6) is -0.00483. The molecule has 1 aromatic carbocycles. The van der Waals surface area contributed by atoms with Crippen molar-refractivity contribution in [2.24, 2.45) is 5.14 Å². The fourth-order valence-electron chi connectivity index (χ4n) is 2.26. The third-order valence-corrected chi connectivity index (χ3v) is 5.63. The maximum atomic E-state index is 12.0. The predicted octanol–water partition coefficient (Wildman–Crippen LogP) is 1.10. The van der Waals surface area contributed by atoms with Crippen LogP contribution in [0.5, 0.6) is 0 Å². The molecule has 1 amide bonds. The molecule has 4 N–H and O–H groups in total. The normalized spacial score (nSPS) is 11.6. The number of imidazole rings is 1. The molecule has 27 heavy (non-hydrogen) atoms. The van der Waals surface area contributed by atoms with Crippen LogP contribution in [0.3, 0.4) is 0 Å².